The molecule has 0 radical (unpaired) electrons. The summed E-state index contributed by atoms with van der Waals surface area (Å²) < 4.78 is 39.0. The number of nitrogens with one attached hydrogen (secondary N) is 1. The molecule has 0 fully saturated rings. The lowest BCUT2D eigenvalue weighted by Crippen LogP contribution is -2.08. The Morgan fingerprint density at radius 1 is 1.12 bits per heavy atom. The molecule has 26 heavy (non-hydrogen) atoms. The zero-order chi connectivity index (χ0) is 19.1. The van der Waals surface area contributed by atoms with Crippen LogP contribution in [0.4, 0.5) is 14.5 Å². The predicted octanol–water partition coefficient (Wildman–Crippen LogP) is 4.61. The predicted molar refractivity (Wildman–Crippen MR) is 95.3 cm³/mol. The number of carbonyl (C=O) groups is 1. The van der Waals surface area contributed by atoms with Gasteiger partial charge in [0.2, 0.25) is 5.91 Å². The molecule has 0 aromatic heterocycles. The fourth-order valence-corrected chi connectivity index (χ4v) is 2.28. The number of ether oxygens (including phenoxy) is 3. The van der Waals surface area contributed by atoms with Crippen molar-refractivity contribution < 1.29 is 27.8 Å². The highest BCUT2D eigenvalue weighted by Gasteiger charge is 2.09. The maximum atomic E-state index is 12.2. The molecule has 0 bridgehead atoms. The molecule has 0 spiro atoms. The van der Waals surface area contributed by atoms with Gasteiger partial charge >= 0.3 is 6.61 Å². The summed E-state index contributed by atoms with van der Waals surface area (Å²) in [4.78, 5) is 12.0. The van der Waals surface area contributed by atoms with Gasteiger partial charge in [-0.25, -0.2) is 0 Å². The average molecular weight is 384 g/mol. The van der Waals surface area contributed by atoms with Crippen molar-refractivity contribution in [1.82, 2.24) is 0 Å². The Labute approximate surface area is 154 Å². The Kier molecular flexibility index (Phi) is 6.80. The van der Waals surface area contributed by atoms with E-state index in [1.54, 1.807) is 24.3 Å². The number of amides is 1. The molecule has 0 aliphatic heterocycles. The minimum absolute atomic E-state index is 0.0374. The summed E-state index contributed by atoms with van der Waals surface area (Å²) in [5.74, 6) is 0.584. The van der Waals surface area contributed by atoms with Crippen LogP contribution in [0.25, 0.3) is 6.08 Å². The molecular formula is C18H16ClF2NO4. The first-order valence-electron chi connectivity index (χ1n) is 7.37. The van der Waals surface area contributed by atoms with E-state index in [0.717, 1.165) is 0 Å². The third kappa shape index (κ3) is 5.63. The third-order valence-corrected chi connectivity index (χ3v) is 3.51. The van der Waals surface area contributed by atoms with Crippen LogP contribution in [0.3, 0.4) is 0 Å². The fourth-order valence-electron chi connectivity index (χ4n) is 2.05. The van der Waals surface area contributed by atoms with E-state index in [1.165, 1.54) is 38.5 Å². The van der Waals surface area contributed by atoms with Crippen LogP contribution in [0, 0.1) is 0 Å². The summed E-state index contributed by atoms with van der Waals surface area (Å²) in [5.41, 5.74) is 1.05. The normalized spacial score (nSPS) is 10.8. The largest absolute Gasteiger partial charge is 0.497 e. The minimum atomic E-state index is -2.98. The van der Waals surface area contributed by atoms with E-state index in [9.17, 15) is 13.6 Å². The molecule has 0 atom stereocenters. The summed E-state index contributed by atoms with van der Waals surface area (Å²) in [7, 11) is 3.06. The Morgan fingerprint density at radius 2 is 1.77 bits per heavy atom. The van der Waals surface area contributed by atoms with E-state index in [0.29, 0.717) is 22.7 Å². The second kappa shape index (κ2) is 9.05. The van der Waals surface area contributed by atoms with Crippen LogP contribution >= 0.6 is 11.6 Å². The second-order valence-corrected chi connectivity index (χ2v) is 5.40. The van der Waals surface area contributed by atoms with Crippen LogP contribution in [0.2, 0.25) is 5.02 Å². The van der Waals surface area contributed by atoms with Gasteiger partial charge in [0.1, 0.15) is 17.2 Å². The molecule has 2 aromatic carbocycles. The van der Waals surface area contributed by atoms with Crippen LogP contribution in [0.15, 0.2) is 42.5 Å². The molecule has 8 heteroatoms. The van der Waals surface area contributed by atoms with E-state index in [4.69, 9.17) is 21.1 Å². The van der Waals surface area contributed by atoms with Crippen molar-refractivity contribution in [3.8, 4) is 17.2 Å². The number of benzene rings is 2. The molecule has 2 aromatic rings. The van der Waals surface area contributed by atoms with E-state index in [1.807, 2.05) is 0 Å². The molecule has 2 rings (SSSR count). The van der Waals surface area contributed by atoms with Gasteiger partial charge < -0.3 is 19.5 Å². The molecule has 0 heterocycles. The van der Waals surface area contributed by atoms with E-state index in [-0.39, 0.29) is 10.8 Å². The van der Waals surface area contributed by atoms with Gasteiger partial charge in [-0.1, -0.05) is 11.6 Å². The first-order valence-corrected chi connectivity index (χ1v) is 7.75. The number of alkyl halides is 2. The lowest BCUT2D eigenvalue weighted by molar-refractivity contribution is -0.111. The highest BCUT2D eigenvalue weighted by atomic mass is 35.5. The monoisotopic (exact) mass is 383 g/mol. The Balaban J connectivity index is 2.06. The average Bonchev–Trinajstić information content (AvgIpc) is 2.61. The van der Waals surface area contributed by atoms with E-state index < -0.39 is 12.5 Å². The van der Waals surface area contributed by atoms with E-state index in [2.05, 4.69) is 10.1 Å². The van der Waals surface area contributed by atoms with Crippen LogP contribution < -0.4 is 19.5 Å². The summed E-state index contributed by atoms with van der Waals surface area (Å²) in [6, 6.07) is 9.16. The van der Waals surface area contributed by atoms with Crippen molar-refractivity contribution in [2.24, 2.45) is 0 Å². The van der Waals surface area contributed by atoms with Gasteiger partial charge in [0.25, 0.3) is 0 Å². The number of methoxy groups -OCH3 is 2. The minimum Gasteiger partial charge on any atom is -0.497 e. The topological polar surface area (TPSA) is 56.8 Å². The van der Waals surface area contributed by atoms with Crippen molar-refractivity contribution in [3.63, 3.8) is 0 Å². The van der Waals surface area contributed by atoms with Crippen LogP contribution in [0.1, 0.15) is 5.56 Å². The first-order chi connectivity index (χ1) is 12.4. The highest BCUT2D eigenvalue weighted by Crippen LogP contribution is 2.29. The van der Waals surface area contributed by atoms with Gasteiger partial charge in [0.15, 0.2) is 0 Å². The third-order valence-electron chi connectivity index (χ3n) is 3.22. The number of rotatable bonds is 7. The lowest BCUT2D eigenvalue weighted by Gasteiger charge is -2.08. The van der Waals surface area contributed by atoms with Gasteiger partial charge in [-0.05, 0) is 42.0 Å². The van der Waals surface area contributed by atoms with Crippen molar-refractivity contribution in [3.05, 3.63) is 53.1 Å². The number of hydrogen-bond acceptors (Lipinski definition) is 4. The molecule has 1 N–H and O–H groups in total. The van der Waals surface area contributed by atoms with Crippen molar-refractivity contribution in [2.45, 2.75) is 6.61 Å². The van der Waals surface area contributed by atoms with Gasteiger partial charge in [0, 0.05) is 17.8 Å². The number of anilines is 1. The highest BCUT2D eigenvalue weighted by molar-refractivity contribution is 6.32. The first kappa shape index (κ1) is 19.5. The number of hydrogen-bond donors (Lipinski definition) is 1. The number of halogens is 3. The molecule has 0 aliphatic carbocycles. The maximum Gasteiger partial charge on any atom is 0.387 e. The smallest absolute Gasteiger partial charge is 0.387 e. The van der Waals surface area contributed by atoms with Crippen LogP contribution in [-0.4, -0.2) is 26.7 Å². The summed E-state index contributed by atoms with van der Waals surface area (Å²) in [6.07, 6.45) is 2.89. The Hall–Kier alpha value is -2.80. The summed E-state index contributed by atoms with van der Waals surface area (Å²) in [5, 5.41) is 2.54. The van der Waals surface area contributed by atoms with Gasteiger partial charge in [0.05, 0.1) is 19.2 Å². The molecule has 0 unspecified atom stereocenters. The molecule has 0 saturated heterocycles. The molecule has 0 aliphatic rings. The maximum absolute atomic E-state index is 12.2. The van der Waals surface area contributed by atoms with Crippen molar-refractivity contribution >= 4 is 29.3 Å². The zero-order valence-electron chi connectivity index (χ0n) is 14.0. The molecule has 138 valence electrons. The van der Waals surface area contributed by atoms with Gasteiger partial charge in [-0.3, -0.25) is 4.79 Å². The fraction of sp³-hybridized carbons (Fsp3) is 0.167. The SMILES string of the molecule is COc1cc(/C=C/C(=O)Nc2ccc(OC(F)F)c(Cl)c2)cc(OC)c1. The Morgan fingerprint density at radius 3 is 2.31 bits per heavy atom. The molecular weight excluding hydrogens is 368 g/mol. The number of carbonyl (C=O) groups excluding carboxylic acids is 1. The van der Waals surface area contributed by atoms with Crippen molar-refractivity contribution in [1.29, 1.82) is 0 Å². The lowest BCUT2D eigenvalue weighted by atomic mass is 10.2. The van der Waals surface area contributed by atoms with Crippen molar-refractivity contribution in [2.75, 3.05) is 19.5 Å². The van der Waals surface area contributed by atoms with Gasteiger partial charge in [-0.2, -0.15) is 8.78 Å². The molecule has 1 amide bonds. The molecule has 5 nitrogen and oxygen atoms in total. The Bertz CT molecular complexity index is 790. The van der Waals surface area contributed by atoms with Crippen LogP contribution in [0.5, 0.6) is 17.2 Å². The standard InChI is InChI=1S/C18H16ClF2NO4/c1-24-13-7-11(8-14(10-13)25-2)3-6-17(23)22-12-4-5-16(15(19)9-12)26-18(20)21/h3-10,18H,1-2H3,(H,22,23)/b6-3+. The summed E-state index contributed by atoms with van der Waals surface area (Å²) in [6.45, 7) is -2.98. The quantitative estimate of drug-likeness (QED) is 0.709. The van der Waals surface area contributed by atoms with Crippen LogP contribution in [-0.2, 0) is 4.79 Å². The van der Waals surface area contributed by atoms with Gasteiger partial charge in [-0.15, -0.1) is 0 Å². The van der Waals surface area contributed by atoms with E-state index >= 15 is 0 Å². The second-order valence-electron chi connectivity index (χ2n) is 4.99. The summed E-state index contributed by atoms with van der Waals surface area (Å²) >= 11 is 5.84. The zero-order valence-corrected chi connectivity index (χ0v) is 14.7. The molecule has 0 saturated carbocycles.